The van der Waals surface area contributed by atoms with Crippen molar-refractivity contribution in [2.45, 2.75) is 32.4 Å². The first-order valence-corrected chi connectivity index (χ1v) is 7.04. The Morgan fingerprint density at radius 1 is 1.41 bits per heavy atom. The largest absolute Gasteiger partial charge is 0.591 e. The van der Waals surface area contributed by atoms with E-state index in [1.807, 2.05) is 20.8 Å². The lowest BCUT2D eigenvalue weighted by atomic mass is 10.1. The maximum Gasteiger partial charge on any atom is 0.144 e. The van der Waals surface area contributed by atoms with E-state index in [9.17, 15) is 8.94 Å². The zero-order chi connectivity index (χ0) is 13.2. The Labute approximate surface area is 113 Å². The van der Waals surface area contributed by atoms with Gasteiger partial charge in [0.15, 0.2) is 0 Å². The topological polar surface area (TPSA) is 35.4 Å². The Hall–Kier alpha value is -0.390. The number of nitrogens with zero attached hydrogens (tertiary/aromatic N) is 1. The standard InChI is InChI=1S/C12H15BrFNOS/c1-8(15-17(16)12(2,3)4)9-5-6-11(14)10(13)7-9/h5-7H,1-4H3/t17-/m1/s1. The minimum Gasteiger partial charge on any atom is -0.591 e. The fourth-order valence-corrected chi connectivity index (χ4v) is 2.04. The lowest BCUT2D eigenvalue weighted by Gasteiger charge is -2.18. The summed E-state index contributed by atoms with van der Waals surface area (Å²) in [4.78, 5) is 0. The third kappa shape index (κ3) is 4.08. The highest BCUT2D eigenvalue weighted by Crippen LogP contribution is 2.20. The molecule has 1 rings (SSSR count). The van der Waals surface area contributed by atoms with Crippen LogP contribution in [-0.4, -0.2) is 15.0 Å². The molecule has 17 heavy (non-hydrogen) atoms. The predicted molar refractivity (Wildman–Crippen MR) is 74.2 cm³/mol. The molecule has 0 saturated carbocycles. The van der Waals surface area contributed by atoms with Gasteiger partial charge < -0.3 is 4.55 Å². The molecule has 94 valence electrons. The van der Waals surface area contributed by atoms with Gasteiger partial charge in [-0.15, -0.1) is 0 Å². The average Bonchev–Trinajstić information content (AvgIpc) is 2.20. The van der Waals surface area contributed by atoms with Gasteiger partial charge in [0.25, 0.3) is 0 Å². The van der Waals surface area contributed by atoms with Crippen molar-refractivity contribution in [2.24, 2.45) is 4.40 Å². The van der Waals surface area contributed by atoms with Crippen LogP contribution in [0.5, 0.6) is 0 Å². The third-order valence-corrected chi connectivity index (χ3v) is 4.18. The van der Waals surface area contributed by atoms with Crippen LogP contribution in [0.4, 0.5) is 4.39 Å². The molecule has 0 aliphatic carbocycles. The summed E-state index contributed by atoms with van der Waals surface area (Å²) >= 11 is 1.81. The minimum atomic E-state index is -1.30. The highest BCUT2D eigenvalue weighted by Gasteiger charge is 2.26. The van der Waals surface area contributed by atoms with Crippen molar-refractivity contribution < 1.29 is 8.94 Å². The van der Waals surface area contributed by atoms with E-state index >= 15 is 0 Å². The molecular formula is C12H15BrFNOS. The number of rotatable bonds is 2. The molecule has 0 bridgehead atoms. The molecule has 0 heterocycles. The van der Waals surface area contributed by atoms with Crippen molar-refractivity contribution >= 4 is 33.0 Å². The van der Waals surface area contributed by atoms with Gasteiger partial charge in [-0.05, 0) is 55.8 Å². The van der Waals surface area contributed by atoms with Crippen molar-refractivity contribution in [1.29, 1.82) is 0 Å². The van der Waals surface area contributed by atoms with Crippen LogP contribution in [0.15, 0.2) is 27.1 Å². The zero-order valence-corrected chi connectivity index (χ0v) is 12.7. The number of halogens is 2. The molecule has 0 N–H and O–H groups in total. The lowest BCUT2D eigenvalue weighted by Crippen LogP contribution is -2.26. The second-order valence-corrected chi connectivity index (χ2v) is 7.43. The van der Waals surface area contributed by atoms with Gasteiger partial charge in [0.2, 0.25) is 0 Å². The Bertz CT molecular complexity index is 443. The van der Waals surface area contributed by atoms with Gasteiger partial charge in [-0.2, -0.15) is 0 Å². The molecule has 1 atom stereocenters. The van der Waals surface area contributed by atoms with Gasteiger partial charge in [-0.3, -0.25) is 0 Å². The van der Waals surface area contributed by atoms with E-state index < -0.39 is 16.1 Å². The summed E-state index contributed by atoms with van der Waals surface area (Å²) in [5.41, 5.74) is 1.40. The SMILES string of the molecule is CC(=N[S@+]([O-])C(C)(C)C)c1ccc(F)c(Br)c1. The van der Waals surface area contributed by atoms with Gasteiger partial charge in [0.1, 0.15) is 21.9 Å². The summed E-state index contributed by atoms with van der Waals surface area (Å²) in [6, 6.07) is 4.62. The Balaban J connectivity index is 3.00. The molecule has 0 aromatic heterocycles. The van der Waals surface area contributed by atoms with Crippen LogP contribution in [0.1, 0.15) is 33.3 Å². The maximum absolute atomic E-state index is 13.1. The van der Waals surface area contributed by atoms with Crippen LogP contribution in [0.2, 0.25) is 0 Å². The fourth-order valence-electron chi connectivity index (χ4n) is 1.04. The van der Waals surface area contributed by atoms with E-state index in [1.54, 1.807) is 19.1 Å². The van der Waals surface area contributed by atoms with E-state index in [0.717, 1.165) is 5.56 Å². The Morgan fingerprint density at radius 3 is 2.47 bits per heavy atom. The molecule has 1 aromatic carbocycles. The maximum atomic E-state index is 13.1. The van der Waals surface area contributed by atoms with E-state index in [-0.39, 0.29) is 5.82 Å². The quantitative estimate of drug-likeness (QED) is 0.602. The summed E-state index contributed by atoms with van der Waals surface area (Å²) in [5, 5.41) is 0. The number of benzene rings is 1. The third-order valence-electron chi connectivity index (χ3n) is 2.08. The van der Waals surface area contributed by atoms with Crippen LogP contribution < -0.4 is 0 Å². The number of hydrogen-bond donors (Lipinski definition) is 0. The molecule has 0 radical (unpaired) electrons. The van der Waals surface area contributed by atoms with Crippen molar-refractivity contribution in [3.05, 3.63) is 34.1 Å². The predicted octanol–water partition coefficient (Wildman–Crippen LogP) is 3.86. The average molecular weight is 320 g/mol. The first kappa shape index (κ1) is 14.7. The summed E-state index contributed by atoms with van der Waals surface area (Å²) in [6.07, 6.45) is 0. The summed E-state index contributed by atoms with van der Waals surface area (Å²) in [6.45, 7) is 7.35. The van der Waals surface area contributed by atoms with E-state index in [1.165, 1.54) is 6.07 Å². The lowest BCUT2D eigenvalue weighted by molar-refractivity contribution is 0.561. The van der Waals surface area contributed by atoms with E-state index in [2.05, 4.69) is 20.3 Å². The van der Waals surface area contributed by atoms with Crippen molar-refractivity contribution in [2.75, 3.05) is 0 Å². The molecule has 0 saturated heterocycles. The highest BCUT2D eigenvalue weighted by atomic mass is 79.9. The first-order valence-electron chi connectivity index (χ1n) is 5.14. The molecular weight excluding hydrogens is 305 g/mol. The van der Waals surface area contributed by atoms with Gasteiger partial charge in [0, 0.05) is 5.56 Å². The van der Waals surface area contributed by atoms with E-state index in [4.69, 9.17) is 0 Å². The zero-order valence-electron chi connectivity index (χ0n) is 10.3. The molecule has 5 heteroatoms. The van der Waals surface area contributed by atoms with Crippen LogP contribution >= 0.6 is 15.9 Å². The normalized spacial score (nSPS) is 14.9. The minimum absolute atomic E-state index is 0.321. The molecule has 1 aromatic rings. The highest BCUT2D eigenvalue weighted by molar-refractivity contribution is 9.10. The molecule has 0 unspecified atom stereocenters. The fraction of sp³-hybridized carbons (Fsp3) is 0.417. The van der Waals surface area contributed by atoms with Crippen LogP contribution in [0.25, 0.3) is 0 Å². The van der Waals surface area contributed by atoms with Crippen molar-refractivity contribution in [3.63, 3.8) is 0 Å². The second kappa shape index (κ2) is 5.50. The molecule has 0 amide bonds. The number of hydrogen-bond acceptors (Lipinski definition) is 2. The van der Waals surface area contributed by atoms with Crippen molar-refractivity contribution in [3.8, 4) is 0 Å². The first-order chi connectivity index (χ1) is 7.71. The molecule has 0 aliphatic heterocycles. The van der Waals surface area contributed by atoms with Crippen molar-refractivity contribution in [1.82, 2.24) is 0 Å². The summed E-state index contributed by atoms with van der Waals surface area (Å²) in [5.74, 6) is -0.321. The molecule has 0 spiro atoms. The van der Waals surface area contributed by atoms with Gasteiger partial charge in [-0.1, -0.05) is 10.5 Å². The van der Waals surface area contributed by atoms with E-state index in [0.29, 0.717) is 10.2 Å². The summed E-state index contributed by atoms with van der Waals surface area (Å²) in [7, 11) is 0. The van der Waals surface area contributed by atoms with Crippen LogP contribution in [0, 0.1) is 5.82 Å². The van der Waals surface area contributed by atoms with Gasteiger partial charge in [0.05, 0.1) is 10.2 Å². The van der Waals surface area contributed by atoms with Crippen LogP contribution in [0.3, 0.4) is 0 Å². The molecule has 0 aliphatic rings. The smallest absolute Gasteiger partial charge is 0.144 e. The van der Waals surface area contributed by atoms with Gasteiger partial charge >= 0.3 is 0 Å². The summed E-state index contributed by atoms with van der Waals surface area (Å²) < 4.78 is 29.0. The molecule has 2 nitrogen and oxygen atoms in total. The molecule has 0 fully saturated rings. The Kier molecular flexibility index (Phi) is 4.75. The monoisotopic (exact) mass is 319 g/mol. The van der Waals surface area contributed by atoms with Gasteiger partial charge in [-0.25, -0.2) is 4.39 Å². The Morgan fingerprint density at radius 2 is 2.00 bits per heavy atom. The van der Waals surface area contributed by atoms with Crippen LogP contribution in [-0.2, 0) is 11.4 Å². The second-order valence-electron chi connectivity index (χ2n) is 4.67.